The van der Waals surface area contributed by atoms with Gasteiger partial charge in [0.1, 0.15) is 0 Å². The van der Waals surface area contributed by atoms with Crippen molar-refractivity contribution in [3.05, 3.63) is 42.4 Å². The van der Waals surface area contributed by atoms with Crippen LogP contribution in [0.5, 0.6) is 0 Å². The molecule has 22 heavy (non-hydrogen) atoms. The lowest BCUT2D eigenvalue weighted by molar-refractivity contribution is -0.122. The Morgan fingerprint density at radius 1 is 1.41 bits per heavy atom. The van der Waals surface area contributed by atoms with Crippen molar-refractivity contribution in [2.75, 3.05) is 19.6 Å². The number of amides is 1. The van der Waals surface area contributed by atoms with Gasteiger partial charge in [0.15, 0.2) is 5.76 Å². The first-order valence-electron chi connectivity index (χ1n) is 7.70. The van der Waals surface area contributed by atoms with Crippen LogP contribution in [-0.4, -0.2) is 35.4 Å². The maximum Gasteiger partial charge on any atom is 0.234 e. The smallest absolute Gasteiger partial charge is 0.234 e. The fourth-order valence-corrected chi connectivity index (χ4v) is 2.73. The van der Waals surface area contributed by atoms with Crippen molar-refractivity contribution < 1.29 is 9.21 Å². The van der Waals surface area contributed by atoms with Crippen LogP contribution >= 0.6 is 0 Å². The van der Waals surface area contributed by atoms with Gasteiger partial charge in [0.25, 0.3) is 0 Å². The highest BCUT2D eigenvalue weighted by molar-refractivity contribution is 5.77. The summed E-state index contributed by atoms with van der Waals surface area (Å²) in [7, 11) is 0. The number of benzene rings is 1. The Hall–Kier alpha value is -2.14. The Labute approximate surface area is 130 Å². The van der Waals surface area contributed by atoms with Crippen LogP contribution in [0.1, 0.15) is 19.2 Å². The lowest BCUT2D eigenvalue weighted by Gasteiger charge is -2.14. The molecule has 0 saturated carbocycles. The summed E-state index contributed by atoms with van der Waals surface area (Å²) in [5, 5.41) is 2.87. The molecule has 2 aromatic rings. The van der Waals surface area contributed by atoms with Gasteiger partial charge in [-0.15, -0.1) is 0 Å². The van der Waals surface area contributed by atoms with E-state index in [-0.39, 0.29) is 5.91 Å². The van der Waals surface area contributed by atoms with Crippen LogP contribution < -0.4 is 5.32 Å². The summed E-state index contributed by atoms with van der Waals surface area (Å²) in [4.78, 5) is 18.3. The molecule has 1 aromatic heterocycles. The molecule has 1 atom stereocenters. The van der Waals surface area contributed by atoms with Crippen LogP contribution in [0.2, 0.25) is 0 Å². The third-order valence-electron chi connectivity index (χ3n) is 3.92. The second-order valence-electron chi connectivity index (χ2n) is 5.89. The zero-order chi connectivity index (χ0) is 15.4. The van der Waals surface area contributed by atoms with Gasteiger partial charge >= 0.3 is 0 Å². The molecule has 0 spiro atoms. The van der Waals surface area contributed by atoms with Crippen LogP contribution in [-0.2, 0) is 11.3 Å². The van der Waals surface area contributed by atoms with Crippen LogP contribution in [0.3, 0.4) is 0 Å². The summed E-state index contributed by atoms with van der Waals surface area (Å²) in [6, 6.07) is 9.81. The fraction of sp³-hybridized carbons (Fsp3) is 0.412. The van der Waals surface area contributed by atoms with Crippen molar-refractivity contribution in [3.8, 4) is 11.3 Å². The van der Waals surface area contributed by atoms with Gasteiger partial charge in [-0.2, -0.15) is 0 Å². The van der Waals surface area contributed by atoms with Crippen molar-refractivity contribution in [1.29, 1.82) is 0 Å². The van der Waals surface area contributed by atoms with E-state index < -0.39 is 0 Å². The summed E-state index contributed by atoms with van der Waals surface area (Å²) in [6.45, 7) is 5.01. The van der Waals surface area contributed by atoms with Gasteiger partial charge in [0, 0.05) is 12.1 Å². The zero-order valence-corrected chi connectivity index (χ0v) is 12.8. The molecule has 1 aromatic carbocycles. The molecular formula is C17H21N3O2. The standard InChI is InChI=1S/C17H21N3O2/c1-13-7-8-20(11-13)12-16(21)18-10-17-19-9-15(22-17)14-5-3-2-4-6-14/h2-6,9,13H,7-8,10-12H2,1H3,(H,18,21). The molecule has 0 radical (unpaired) electrons. The first-order valence-corrected chi connectivity index (χ1v) is 7.70. The number of aromatic nitrogens is 1. The second kappa shape index (κ2) is 6.75. The topological polar surface area (TPSA) is 58.4 Å². The fourth-order valence-electron chi connectivity index (χ4n) is 2.73. The molecule has 0 bridgehead atoms. The van der Waals surface area contributed by atoms with E-state index >= 15 is 0 Å². The maximum absolute atomic E-state index is 11.9. The molecule has 1 amide bonds. The van der Waals surface area contributed by atoms with Gasteiger partial charge in [-0.25, -0.2) is 4.98 Å². The molecule has 2 heterocycles. The van der Waals surface area contributed by atoms with Crippen molar-refractivity contribution in [2.24, 2.45) is 5.92 Å². The number of hydrogen-bond donors (Lipinski definition) is 1. The van der Waals surface area contributed by atoms with Gasteiger partial charge in [0.05, 0.1) is 19.3 Å². The lowest BCUT2D eigenvalue weighted by Crippen LogP contribution is -2.35. The number of carbonyl (C=O) groups is 1. The molecular weight excluding hydrogens is 278 g/mol. The number of likely N-dealkylation sites (tertiary alicyclic amines) is 1. The average Bonchev–Trinajstić information content (AvgIpc) is 3.15. The van der Waals surface area contributed by atoms with E-state index in [2.05, 4.69) is 22.1 Å². The van der Waals surface area contributed by atoms with Crippen molar-refractivity contribution in [2.45, 2.75) is 19.9 Å². The number of nitrogens with zero attached hydrogens (tertiary/aromatic N) is 2. The number of carbonyl (C=O) groups excluding carboxylic acids is 1. The molecule has 3 rings (SSSR count). The second-order valence-corrected chi connectivity index (χ2v) is 5.89. The largest absolute Gasteiger partial charge is 0.439 e. The van der Waals surface area contributed by atoms with E-state index in [1.807, 2.05) is 30.3 Å². The highest BCUT2D eigenvalue weighted by atomic mass is 16.4. The van der Waals surface area contributed by atoms with Crippen molar-refractivity contribution in [3.63, 3.8) is 0 Å². The van der Waals surface area contributed by atoms with Crippen molar-refractivity contribution in [1.82, 2.24) is 15.2 Å². The molecule has 0 aliphatic carbocycles. The van der Waals surface area contributed by atoms with Gasteiger partial charge in [-0.1, -0.05) is 37.3 Å². The Kier molecular flexibility index (Phi) is 4.53. The summed E-state index contributed by atoms with van der Waals surface area (Å²) >= 11 is 0. The summed E-state index contributed by atoms with van der Waals surface area (Å²) in [5.41, 5.74) is 0.985. The predicted molar refractivity (Wildman–Crippen MR) is 84.0 cm³/mol. The minimum absolute atomic E-state index is 0.0218. The summed E-state index contributed by atoms with van der Waals surface area (Å²) in [6.07, 6.45) is 2.87. The molecule has 1 fully saturated rings. The highest BCUT2D eigenvalue weighted by Gasteiger charge is 2.20. The van der Waals surface area contributed by atoms with E-state index in [0.29, 0.717) is 24.9 Å². The molecule has 1 aliphatic rings. The predicted octanol–water partition coefficient (Wildman–Crippen LogP) is 2.30. The third-order valence-corrected chi connectivity index (χ3v) is 3.92. The quantitative estimate of drug-likeness (QED) is 0.920. The Morgan fingerprint density at radius 3 is 2.95 bits per heavy atom. The van der Waals surface area contributed by atoms with E-state index in [1.54, 1.807) is 6.20 Å². The molecule has 116 valence electrons. The van der Waals surface area contributed by atoms with E-state index in [1.165, 1.54) is 6.42 Å². The maximum atomic E-state index is 11.9. The first kappa shape index (κ1) is 14.8. The van der Waals surface area contributed by atoms with E-state index in [4.69, 9.17) is 4.42 Å². The number of oxazole rings is 1. The molecule has 1 N–H and O–H groups in total. The molecule has 1 unspecified atom stereocenters. The van der Waals surface area contributed by atoms with Crippen LogP contribution in [0, 0.1) is 5.92 Å². The molecule has 1 saturated heterocycles. The average molecular weight is 299 g/mol. The highest BCUT2D eigenvalue weighted by Crippen LogP contribution is 2.19. The number of rotatable bonds is 5. The molecule has 1 aliphatic heterocycles. The van der Waals surface area contributed by atoms with E-state index in [0.717, 1.165) is 24.4 Å². The Bertz CT molecular complexity index is 624. The molecule has 5 heteroatoms. The van der Waals surface area contributed by atoms with Crippen LogP contribution in [0.15, 0.2) is 40.9 Å². The first-order chi connectivity index (χ1) is 10.7. The molecule has 5 nitrogen and oxygen atoms in total. The number of nitrogens with one attached hydrogen (secondary N) is 1. The van der Waals surface area contributed by atoms with E-state index in [9.17, 15) is 4.79 Å². The normalized spacial score (nSPS) is 18.5. The number of hydrogen-bond acceptors (Lipinski definition) is 4. The van der Waals surface area contributed by atoms with Crippen LogP contribution in [0.25, 0.3) is 11.3 Å². The lowest BCUT2D eigenvalue weighted by atomic mass is 10.2. The van der Waals surface area contributed by atoms with Crippen LogP contribution in [0.4, 0.5) is 0 Å². The van der Waals surface area contributed by atoms with Gasteiger partial charge in [-0.3, -0.25) is 9.69 Å². The third kappa shape index (κ3) is 3.74. The van der Waals surface area contributed by atoms with Gasteiger partial charge in [0.2, 0.25) is 11.8 Å². The summed E-state index contributed by atoms with van der Waals surface area (Å²) in [5.74, 6) is 1.96. The Balaban J connectivity index is 1.50. The minimum Gasteiger partial charge on any atom is -0.439 e. The zero-order valence-electron chi connectivity index (χ0n) is 12.8. The summed E-state index contributed by atoms with van der Waals surface area (Å²) < 4.78 is 5.67. The SMILES string of the molecule is CC1CCN(CC(=O)NCc2ncc(-c3ccccc3)o2)C1. The van der Waals surface area contributed by atoms with Crippen molar-refractivity contribution >= 4 is 5.91 Å². The monoisotopic (exact) mass is 299 g/mol. The van der Waals surface area contributed by atoms with Gasteiger partial charge in [-0.05, 0) is 18.9 Å². The Morgan fingerprint density at radius 2 is 2.23 bits per heavy atom. The minimum atomic E-state index is 0.0218. The van der Waals surface area contributed by atoms with Gasteiger partial charge < -0.3 is 9.73 Å².